The fourth-order valence-electron chi connectivity index (χ4n) is 3.12. The fraction of sp³-hybridized carbons (Fsp3) is 0.421. The molecule has 2 N–H and O–H groups in total. The highest BCUT2D eigenvalue weighted by Crippen LogP contribution is 2.37. The second-order valence-electron chi connectivity index (χ2n) is 7.13. The van der Waals surface area contributed by atoms with E-state index >= 15 is 0 Å². The lowest BCUT2D eigenvalue weighted by molar-refractivity contribution is -0.123. The number of halogens is 3. The Hall–Kier alpha value is -1.96. The number of amides is 1. The number of benzene rings is 1. The molecule has 1 aromatic rings. The van der Waals surface area contributed by atoms with Crippen LogP contribution in [0.5, 0.6) is 0 Å². The van der Waals surface area contributed by atoms with Crippen LogP contribution in [0.25, 0.3) is 0 Å². The fourth-order valence-corrected chi connectivity index (χ4v) is 4.77. The average Bonchev–Trinajstić information content (AvgIpc) is 3.29. The van der Waals surface area contributed by atoms with E-state index in [2.05, 4.69) is 39.2 Å². The van der Waals surface area contributed by atoms with Crippen molar-refractivity contribution in [2.75, 3.05) is 6.54 Å². The molecule has 3 atom stereocenters. The van der Waals surface area contributed by atoms with Crippen LogP contribution < -0.4 is 10.6 Å². The van der Waals surface area contributed by atoms with Crippen LogP contribution in [0, 0.1) is 17.2 Å². The lowest BCUT2D eigenvalue weighted by Gasteiger charge is -2.17. The molecule has 29 heavy (non-hydrogen) atoms. The minimum Gasteiger partial charge on any atom is -0.336 e. The van der Waals surface area contributed by atoms with Crippen molar-refractivity contribution in [2.24, 2.45) is 5.92 Å². The lowest BCUT2D eigenvalue weighted by Crippen LogP contribution is -2.45. The van der Waals surface area contributed by atoms with Crippen molar-refractivity contribution < 1.29 is 22.6 Å². The van der Waals surface area contributed by atoms with E-state index in [1.54, 1.807) is 0 Å². The molecule has 2 fully saturated rings. The molecular weight excluding hydrogens is 468 g/mol. The first kappa shape index (κ1) is 21.7. The van der Waals surface area contributed by atoms with Gasteiger partial charge in [-0.05, 0) is 43.5 Å². The molecule has 154 valence electrons. The molecule has 1 saturated heterocycles. The summed E-state index contributed by atoms with van der Waals surface area (Å²) in [5.41, 5.74) is -1.38. The highest BCUT2D eigenvalue weighted by molar-refractivity contribution is 9.10. The molecule has 0 spiro atoms. The molecule has 1 aliphatic carbocycles. The molecule has 10 heteroatoms. The minimum atomic E-state index is -3.46. The molecule has 1 saturated carbocycles. The maximum atomic E-state index is 14.2. The van der Waals surface area contributed by atoms with Crippen molar-refractivity contribution in [3.63, 3.8) is 0 Å². The van der Waals surface area contributed by atoms with E-state index in [9.17, 15) is 22.6 Å². The number of nitrogens with zero attached hydrogens (tertiary/aromatic N) is 1. The Balaban J connectivity index is 1.73. The number of nitrogens with one attached hydrogen (secondary N) is 2. The van der Waals surface area contributed by atoms with Gasteiger partial charge in [0.15, 0.2) is 0 Å². The number of carbonyl (C=O) groups is 2. The van der Waals surface area contributed by atoms with Gasteiger partial charge in [-0.2, -0.15) is 14.0 Å². The van der Waals surface area contributed by atoms with Crippen molar-refractivity contribution in [2.45, 2.75) is 41.7 Å². The van der Waals surface area contributed by atoms with Gasteiger partial charge in [-0.3, -0.25) is 9.59 Å². The monoisotopic (exact) mass is 485 g/mol. The van der Waals surface area contributed by atoms with Crippen LogP contribution >= 0.6 is 15.9 Å². The van der Waals surface area contributed by atoms with Crippen LogP contribution in [-0.4, -0.2) is 33.4 Å². The Morgan fingerprint density at radius 2 is 2.14 bits per heavy atom. The third-order valence-corrected chi connectivity index (χ3v) is 6.99. The summed E-state index contributed by atoms with van der Waals surface area (Å²) in [4.78, 5) is 24.7. The highest BCUT2D eigenvalue weighted by Gasteiger charge is 2.47. The summed E-state index contributed by atoms with van der Waals surface area (Å²) in [5.74, 6) is -4.62. The minimum absolute atomic E-state index is 0.0849. The molecule has 2 aliphatic rings. The van der Waals surface area contributed by atoms with Gasteiger partial charge in [0.2, 0.25) is 11.0 Å². The van der Waals surface area contributed by atoms with Gasteiger partial charge in [0.05, 0.1) is 17.0 Å². The predicted octanol–water partition coefficient (Wildman–Crippen LogP) is 2.51. The largest absolute Gasteiger partial charge is 0.336 e. The van der Waals surface area contributed by atoms with E-state index in [1.165, 1.54) is 12.1 Å². The summed E-state index contributed by atoms with van der Waals surface area (Å²) in [6.45, 7) is 3.21. The molecule has 1 aromatic carbocycles. The van der Waals surface area contributed by atoms with Crippen molar-refractivity contribution >= 4 is 37.8 Å². The van der Waals surface area contributed by atoms with Gasteiger partial charge in [0, 0.05) is 22.5 Å². The van der Waals surface area contributed by atoms with E-state index in [4.69, 9.17) is 5.26 Å². The van der Waals surface area contributed by atoms with Gasteiger partial charge in [0.25, 0.3) is 5.92 Å². The second kappa shape index (κ2) is 8.05. The third kappa shape index (κ3) is 4.47. The van der Waals surface area contributed by atoms with Gasteiger partial charge in [-0.25, -0.2) is 4.21 Å². The summed E-state index contributed by atoms with van der Waals surface area (Å²) in [5, 5.41) is 13.9. The van der Waals surface area contributed by atoms with Crippen molar-refractivity contribution in [3.8, 4) is 6.07 Å². The van der Waals surface area contributed by atoms with E-state index in [0.717, 1.165) is 6.07 Å². The van der Waals surface area contributed by atoms with Crippen LogP contribution in [0.1, 0.15) is 24.8 Å². The molecule has 0 bridgehead atoms. The summed E-state index contributed by atoms with van der Waals surface area (Å²) in [6.07, 6.45) is 1.68. The first-order chi connectivity index (χ1) is 13.6. The van der Waals surface area contributed by atoms with Crippen molar-refractivity contribution in [1.82, 2.24) is 10.6 Å². The SMILES string of the molecule is C=CC(F)(F)c1cc(Br)ccc1S(=O)C(=O)[C@H]1CN[C@H](C(=O)NC2(C#N)CC2)C1. The van der Waals surface area contributed by atoms with E-state index < -0.39 is 50.8 Å². The number of allylic oxidation sites excluding steroid dienone is 1. The first-order valence-electron chi connectivity index (χ1n) is 8.86. The number of carbonyl (C=O) groups excluding carboxylic acids is 2. The Labute approximate surface area is 177 Å². The van der Waals surface area contributed by atoms with Crippen LogP contribution in [0.2, 0.25) is 0 Å². The predicted molar refractivity (Wildman–Crippen MR) is 105 cm³/mol. The number of alkyl halides is 2. The van der Waals surface area contributed by atoms with Crippen molar-refractivity contribution in [3.05, 3.63) is 40.9 Å². The van der Waals surface area contributed by atoms with E-state index in [1.807, 2.05) is 0 Å². The first-order valence-corrected chi connectivity index (χ1v) is 10.8. The Morgan fingerprint density at radius 1 is 1.45 bits per heavy atom. The normalized spacial score (nSPS) is 23.7. The Kier molecular flexibility index (Phi) is 6.03. The molecule has 6 nitrogen and oxygen atoms in total. The van der Waals surface area contributed by atoms with Gasteiger partial charge in [-0.15, -0.1) is 0 Å². The van der Waals surface area contributed by atoms with Crippen LogP contribution in [-0.2, 0) is 26.3 Å². The maximum Gasteiger partial charge on any atom is 0.292 e. The molecule has 1 aliphatic heterocycles. The third-order valence-electron chi connectivity index (χ3n) is 5.05. The van der Waals surface area contributed by atoms with Gasteiger partial charge in [0.1, 0.15) is 16.3 Å². The summed E-state index contributed by atoms with van der Waals surface area (Å²) < 4.78 is 41.6. The number of nitriles is 1. The highest BCUT2D eigenvalue weighted by atomic mass is 79.9. The lowest BCUT2D eigenvalue weighted by atomic mass is 10.1. The number of hydrogen-bond donors (Lipinski definition) is 2. The zero-order chi connectivity index (χ0) is 21.4. The summed E-state index contributed by atoms with van der Waals surface area (Å²) >= 11 is 3.10. The van der Waals surface area contributed by atoms with Crippen LogP contribution in [0.15, 0.2) is 40.2 Å². The van der Waals surface area contributed by atoms with Crippen LogP contribution in [0.4, 0.5) is 8.78 Å². The zero-order valence-corrected chi connectivity index (χ0v) is 17.6. The van der Waals surface area contributed by atoms with Gasteiger partial charge < -0.3 is 10.6 Å². The molecule has 1 unspecified atom stereocenters. The van der Waals surface area contributed by atoms with Gasteiger partial charge >= 0.3 is 0 Å². The smallest absolute Gasteiger partial charge is 0.292 e. The number of rotatable bonds is 6. The molecular formula is C19H18BrF2N3O3S. The van der Waals surface area contributed by atoms with Crippen molar-refractivity contribution in [1.29, 1.82) is 5.26 Å². The molecule has 1 amide bonds. The summed E-state index contributed by atoms with van der Waals surface area (Å²) in [6, 6.07) is 5.12. The average molecular weight is 486 g/mol. The second-order valence-corrected chi connectivity index (χ2v) is 9.43. The Morgan fingerprint density at radius 3 is 2.72 bits per heavy atom. The molecule has 1 heterocycles. The quantitative estimate of drug-likeness (QED) is 0.603. The van der Waals surface area contributed by atoms with E-state index in [-0.39, 0.29) is 17.9 Å². The number of hydrogen-bond acceptors (Lipinski definition) is 5. The van der Waals surface area contributed by atoms with E-state index in [0.29, 0.717) is 23.4 Å². The zero-order valence-electron chi connectivity index (χ0n) is 15.2. The molecule has 0 aromatic heterocycles. The topological polar surface area (TPSA) is 99.1 Å². The van der Waals surface area contributed by atoms with Crippen LogP contribution in [0.3, 0.4) is 0 Å². The molecule has 0 radical (unpaired) electrons. The molecule has 3 rings (SSSR count). The maximum absolute atomic E-state index is 14.2. The van der Waals surface area contributed by atoms with Gasteiger partial charge in [-0.1, -0.05) is 22.5 Å². The summed E-state index contributed by atoms with van der Waals surface area (Å²) in [7, 11) is -2.33. The standard InChI is InChI=1S/C19H18BrF2N3O3S/c1-2-19(21,22)13-8-12(20)3-4-15(13)29(28)17(27)11-7-14(24-9-11)16(26)25-18(10-23)5-6-18/h2-4,8,11,14,24H,1,5-7,9H2,(H,25,26)/t11-,14+,29?/m1/s1. The Bertz CT molecular complexity index is 943.